The van der Waals surface area contributed by atoms with Gasteiger partial charge in [0.2, 0.25) is 0 Å². The molecule has 0 aliphatic carbocycles. The predicted octanol–water partition coefficient (Wildman–Crippen LogP) is 5.03. The number of rotatable bonds is 6. The molecule has 1 aliphatic rings. The number of aliphatic hydroxyl groups excluding tert-OH is 1. The molecule has 11 heteroatoms. The van der Waals surface area contributed by atoms with Crippen molar-refractivity contribution in [2.45, 2.75) is 19.9 Å². The highest BCUT2D eigenvalue weighted by Crippen LogP contribution is 2.44. The molecule has 1 saturated heterocycles. The van der Waals surface area contributed by atoms with Crippen LogP contribution in [0.3, 0.4) is 0 Å². The number of ketones is 1. The van der Waals surface area contributed by atoms with Crippen molar-refractivity contribution < 1.29 is 24.2 Å². The van der Waals surface area contributed by atoms with Crippen LogP contribution in [-0.2, 0) is 14.3 Å². The topological polar surface area (TPSA) is 114 Å². The van der Waals surface area contributed by atoms with Crippen molar-refractivity contribution in [1.82, 2.24) is 14.4 Å². The van der Waals surface area contributed by atoms with Crippen LogP contribution in [0.4, 0.5) is 5.13 Å². The fraction of sp³-hybridized carbons (Fsp3) is 0.148. The number of anilines is 1. The van der Waals surface area contributed by atoms with Gasteiger partial charge in [0.25, 0.3) is 5.78 Å². The van der Waals surface area contributed by atoms with Crippen LogP contribution >= 0.6 is 22.9 Å². The average Bonchev–Trinajstić information content (AvgIpc) is 3.53. The first-order chi connectivity index (χ1) is 18.2. The number of benzene rings is 1. The van der Waals surface area contributed by atoms with Crippen LogP contribution < -0.4 is 4.90 Å². The number of hydrogen-bond donors (Lipinski definition) is 1. The highest BCUT2D eigenvalue weighted by atomic mass is 35.5. The molecule has 1 amide bonds. The number of hydrogen-bond acceptors (Lipinski definition) is 8. The number of aliphatic hydroxyl groups is 1. The van der Waals surface area contributed by atoms with E-state index in [9.17, 15) is 19.5 Å². The van der Waals surface area contributed by atoms with Crippen molar-refractivity contribution in [2.24, 2.45) is 0 Å². The Morgan fingerprint density at radius 1 is 1.16 bits per heavy atom. The summed E-state index contributed by atoms with van der Waals surface area (Å²) in [5, 5.41) is 12.1. The second-order valence-corrected chi connectivity index (χ2v) is 9.91. The summed E-state index contributed by atoms with van der Waals surface area (Å²) in [5.74, 6) is -2.78. The third-order valence-corrected chi connectivity index (χ3v) is 7.46. The molecule has 3 aromatic heterocycles. The molecule has 38 heavy (non-hydrogen) atoms. The number of aromatic nitrogens is 3. The highest BCUT2D eigenvalue weighted by molar-refractivity contribution is 7.17. The molecule has 0 saturated carbocycles. The van der Waals surface area contributed by atoms with Gasteiger partial charge in [-0.1, -0.05) is 53.8 Å². The third kappa shape index (κ3) is 4.17. The summed E-state index contributed by atoms with van der Waals surface area (Å²) in [6, 6.07) is 10.9. The minimum atomic E-state index is -1.04. The summed E-state index contributed by atoms with van der Waals surface area (Å²) in [6.07, 6.45) is 3.15. The van der Waals surface area contributed by atoms with Crippen molar-refractivity contribution in [2.75, 3.05) is 11.5 Å². The van der Waals surface area contributed by atoms with E-state index in [-0.39, 0.29) is 27.9 Å². The van der Waals surface area contributed by atoms with E-state index >= 15 is 0 Å². The Labute approximate surface area is 226 Å². The molecule has 1 aromatic carbocycles. The first-order valence-electron chi connectivity index (χ1n) is 11.5. The summed E-state index contributed by atoms with van der Waals surface area (Å²) in [5.41, 5.74) is 2.07. The van der Waals surface area contributed by atoms with Crippen molar-refractivity contribution in [3.63, 3.8) is 0 Å². The van der Waals surface area contributed by atoms with Crippen molar-refractivity contribution >= 4 is 57.1 Å². The van der Waals surface area contributed by atoms with E-state index in [1.165, 1.54) is 11.0 Å². The fourth-order valence-electron chi connectivity index (χ4n) is 4.39. The zero-order valence-electron chi connectivity index (χ0n) is 20.3. The van der Waals surface area contributed by atoms with Gasteiger partial charge in [-0.2, -0.15) is 0 Å². The molecule has 5 rings (SSSR count). The molecular formula is C27H21ClN4O5S. The van der Waals surface area contributed by atoms with Crippen LogP contribution in [0.5, 0.6) is 0 Å². The minimum Gasteiger partial charge on any atom is -0.505 e. The standard InChI is InChI=1S/C27H21ClN4O5S/c1-4-13-37-26(36)24-15(3)30-27(38-24)32-21(16-8-10-17(28)11-9-16)19(23(34)25(32)35)22(33)20-14(2)29-18-7-5-6-12-31(18)20/h4-12,21,33H,1,13H2,2-3H3/b22-19+. The predicted molar refractivity (Wildman–Crippen MR) is 143 cm³/mol. The second-order valence-electron chi connectivity index (χ2n) is 8.49. The number of Topliss-reactive ketones (excluding diaryl/α,β-unsaturated/α-hetero) is 1. The van der Waals surface area contributed by atoms with Gasteiger partial charge in [-0.3, -0.25) is 18.9 Å². The van der Waals surface area contributed by atoms with E-state index in [2.05, 4.69) is 16.5 Å². The maximum Gasteiger partial charge on any atom is 0.350 e. The van der Waals surface area contributed by atoms with Gasteiger partial charge < -0.3 is 9.84 Å². The normalized spacial score (nSPS) is 16.8. The lowest BCUT2D eigenvalue weighted by Crippen LogP contribution is -2.29. The van der Waals surface area contributed by atoms with Gasteiger partial charge in [-0.25, -0.2) is 14.8 Å². The molecule has 4 heterocycles. The number of thiazole rings is 1. The summed E-state index contributed by atoms with van der Waals surface area (Å²) < 4.78 is 6.79. The monoisotopic (exact) mass is 548 g/mol. The van der Waals surface area contributed by atoms with Crippen LogP contribution in [0, 0.1) is 13.8 Å². The first-order valence-corrected chi connectivity index (χ1v) is 12.7. The smallest absolute Gasteiger partial charge is 0.350 e. The number of carbonyl (C=O) groups excluding carboxylic acids is 3. The average molecular weight is 549 g/mol. The number of aryl methyl sites for hydroxylation is 2. The maximum absolute atomic E-state index is 13.5. The van der Waals surface area contributed by atoms with Gasteiger partial charge in [-0.15, -0.1) is 0 Å². The minimum absolute atomic E-state index is 0.0133. The largest absolute Gasteiger partial charge is 0.505 e. The Balaban J connectivity index is 1.71. The molecule has 1 N–H and O–H groups in total. The zero-order valence-corrected chi connectivity index (χ0v) is 21.9. The fourth-order valence-corrected chi connectivity index (χ4v) is 5.50. The SMILES string of the molecule is C=CCOC(=O)c1sc(N2C(=O)C(=O)/C(=C(/O)c3c(C)nc4ccccn34)C2c2ccc(Cl)cc2)nc1C. The molecule has 1 aliphatic heterocycles. The third-order valence-electron chi connectivity index (χ3n) is 6.07. The lowest BCUT2D eigenvalue weighted by molar-refractivity contribution is -0.132. The molecule has 0 radical (unpaired) electrons. The quantitative estimate of drug-likeness (QED) is 0.118. The Bertz CT molecular complexity index is 1650. The van der Waals surface area contributed by atoms with Gasteiger partial charge in [0.15, 0.2) is 10.9 Å². The number of pyridine rings is 1. The van der Waals surface area contributed by atoms with Gasteiger partial charge in [0.05, 0.1) is 23.0 Å². The number of nitrogens with zero attached hydrogens (tertiary/aromatic N) is 4. The number of amides is 1. The van der Waals surface area contributed by atoms with Crippen LogP contribution in [0.2, 0.25) is 5.02 Å². The Morgan fingerprint density at radius 3 is 2.61 bits per heavy atom. The molecule has 4 aromatic rings. The van der Waals surface area contributed by atoms with Gasteiger partial charge in [-0.05, 0) is 43.7 Å². The van der Waals surface area contributed by atoms with E-state index in [0.29, 0.717) is 33.3 Å². The van der Waals surface area contributed by atoms with Crippen LogP contribution in [0.1, 0.15) is 38.4 Å². The Kier molecular flexibility index (Phi) is 6.60. The Hall–Kier alpha value is -4.28. The van der Waals surface area contributed by atoms with Crippen LogP contribution in [0.25, 0.3) is 11.4 Å². The van der Waals surface area contributed by atoms with Gasteiger partial charge in [0, 0.05) is 11.2 Å². The van der Waals surface area contributed by atoms with Crippen molar-refractivity contribution in [3.8, 4) is 0 Å². The number of ether oxygens (including phenoxy) is 1. The van der Waals surface area contributed by atoms with E-state index < -0.39 is 23.7 Å². The van der Waals surface area contributed by atoms with E-state index in [4.69, 9.17) is 16.3 Å². The van der Waals surface area contributed by atoms with E-state index in [1.54, 1.807) is 66.9 Å². The summed E-state index contributed by atoms with van der Waals surface area (Å²) >= 11 is 7.03. The molecule has 0 spiro atoms. The molecule has 192 valence electrons. The Morgan fingerprint density at radius 2 is 1.89 bits per heavy atom. The van der Waals surface area contributed by atoms with Crippen molar-refractivity contribution in [3.05, 3.63) is 99.4 Å². The van der Waals surface area contributed by atoms with E-state index in [0.717, 1.165) is 11.3 Å². The number of esters is 1. The zero-order chi connectivity index (χ0) is 27.1. The molecular weight excluding hydrogens is 528 g/mol. The summed E-state index contributed by atoms with van der Waals surface area (Å²) in [6.45, 7) is 6.87. The summed E-state index contributed by atoms with van der Waals surface area (Å²) in [7, 11) is 0. The molecule has 1 fully saturated rings. The number of carbonyl (C=O) groups is 3. The number of fused-ring (bicyclic) bond motifs is 1. The lowest BCUT2D eigenvalue weighted by Gasteiger charge is -2.23. The van der Waals surface area contributed by atoms with Crippen LogP contribution in [-0.4, -0.2) is 43.7 Å². The van der Waals surface area contributed by atoms with Gasteiger partial charge >= 0.3 is 11.9 Å². The van der Waals surface area contributed by atoms with E-state index in [1.807, 2.05) is 0 Å². The van der Waals surface area contributed by atoms with Crippen LogP contribution in [0.15, 0.2) is 66.9 Å². The number of imidazole rings is 1. The molecule has 1 atom stereocenters. The maximum atomic E-state index is 13.5. The van der Waals surface area contributed by atoms with Crippen molar-refractivity contribution in [1.29, 1.82) is 0 Å². The number of halogens is 1. The summed E-state index contributed by atoms with van der Waals surface area (Å²) in [4.78, 5) is 49.8. The highest BCUT2D eigenvalue weighted by Gasteiger charge is 2.49. The molecule has 0 bridgehead atoms. The molecule has 9 nitrogen and oxygen atoms in total. The lowest BCUT2D eigenvalue weighted by atomic mass is 9.96. The van der Waals surface area contributed by atoms with Gasteiger partial charge in [0.1, 0.15) is 22.8 Å². The molecule has 1 unspecified atom stereocenters. The second kappa shape index (κ2) is 9.88. The first kappa shape index (κ1) is 25.4.